The number of carboxylic acid groups (broad SMARTS) is 1. The number of fused-ring (bicyclic) bond motifs is 1. The summed E-state index contributed by atoms with van der Waals surface area (Å²) in [5, 5.41) is 14.2. The number of hydrogen-bond donors (Lipinski definition) is 1. The van der Waals surface area contributed by atoms with Crippen molar-refractivity contribution in [3.05, 3.63) is 46.8 Å². The second-order valence-electron chi connectivity index (χ2n) is 8.07. The Morgan fingerprint density at radius 1 is 1.15 bits per heavy atom. The monoisotopic (exact) mass is 367 g/mol. The zero-order valence-corrected chi connectivity index (χ0v) is 15.9. The Morgan fingerprint density at radius 2 is 1.89 bits per heavy atom. The molecule has 1 aliphatic carbocycles. The fourth-order valence-corrected chi connectivity index (χ4v) is 4.25. The third kappa shape index (κ3) is 3.03. The van der Waals surface area contributed by atoms with Gasteiger partial charge in [-0.05, 0) is 58.1 Å². The summed E-state index contributed by atoms with van der Waals surface area (Å²) in [6.07, 6.45) is 4.09. The molecule has 4 rings (SSSR count). The summed E-state index contributed by atoms with van der Waals surface area (Å²) in [5.41, 5.74) is 3.91. The standard InChI is InChI=1S/C21H25N3O3/c1-14-7-9-15(10-8-14)24-17-6-3-5-16(17)18(22-24)19(25)23-12-4-11-21(2,13-23)20(26)27/h7-10H,3-6,11-13H2,1-2H3,(H,26,27). The highest BCUT2D eigenvalue weighted by molar-refractivity contribution is 5.95. The molecule has 1 N–H and O–H groups in total. The van der Waals surface area contributed by atoms with Crippen molar-refractivity contribution in [2.45, 2.75) is 46.0 Å². The number of benzene rings is 1. The lowest BCUT2D eigenvalue weighted by Gasteiger charge is -2.37. The van der Waals surface area contributed by atoms with Crippen LogP contribution >= 0.6 is 0 Å². The number of likely N-dealkylation sites (tertiary alicyclic amines) is 1. The van der Waals surface area contributed by atoms with Gasteiger partial charge >= 0.3 is 5.97 Å². The molecule has 1 fully saturated rings. The van der Waals surface area contributed by atoms with Gasteiger partial charge in [0.05, 0.1) is 11.1 Å². The van der Waals surface area contributed by atoms with Gasteiger partial charge in [0, 0.05) is 24.3 Å². The zero-order chi connectivity index (χ0) is 19.2. The van der Waals surface area contributed by atoms with E-state index in [1.807, 2.05) is 35.9 Å². The number of amides is 1. The molecule has 6 heteroatoms. The highest BCUT2D eigenvalue weighted by Gasteiger charge is 2.41. The summed E-state index contributed by atoms with van der Waals surface area (Å²) in [6, 6.07) is 8.14. The van der Waals surface area contributed by atoms with Crippen molar-refractivity contribution in [1.29, 1.82) is 0 Å². The third-order valence-corrected chi connectivity index (χ3v) is 5.91. The lowest BCUT2D eigenvalue weighted by Crippen LogP contribution is -2.48. The molecule has 0 spiro atoms. The summed E-state index contributed by atoms with van der Waals surface area (Å²) in [7, 11) is 0. The van der Waals surface area contributed by atoms with E-state index in [9.17, 15) is 14.7 Å². The van der Waals surface area contributed by atoms with Gasteiger partial charge in [0.15, 0.2) is 5.69 Å². The molecule has 2 aromatic rings. The molecule has 0 saturated carbocycles. The van der Waals surface area contributed by atoms with Gasteiger partial charge in [-0.1, -0.05) is 17.7 Å². The maximum atomic E-state index is 13.2. The number of nitrogens with zero attached hydrogens (tertiary/aromatic N) is 3. The van der Waals surface area contributed by atoms with Crippen LogP contribution in [-0.4, -0.2) is 44.8 Å². The highest BCUT2D eigenvalue weighted by Crippen LogP contribution is 2.33. The first-order valence-corrected chi connectivity index (χ1v) is 9.59. The van der Waals surface area contributed by atoms with E-state index in [1.165, 1.54) is 5.56 Å². The van der Waals surface area contributed by atoms with Gasteiger partial charge in [-0.2, -0.15) is 5.10 Å². The third-order valence-electron chi connectivity index (χ3n) is 5.91. The Balaban J connectivity index is 1.68. The SMILES string of the molecule is Cc1ccc(-n2nc(C(=O)N3CCCC(C)(C(=O)O)C3)c3c2CCC3)cc1. The average Bonchev–Trinajstić information content (AvgIpc) is 3.24. The minimum Gasteiger partial charge on any atom is -0.481 e. The molecular formula is C21H25N3O3. The Hall–Kier alpha value is -2.63. The number of aryl methyl sites for hydroxylation is 1. The fourth-order valence-electron chi connectivity index (χ4n) is 4.25. The number of aromatic nitrogens is 2. The molecule has 1 amide bonds. The van der Waals surface area contributed by atoms with Gasteiger partial charge in [-0.25, -0.2) is 4.68 Å². The summed E-state index contributed by atoms with van der Waals surface area (Å²) in [6.45, 7) is 4.60. The van der Waals surface area contributed by atoms with Gasteiger partial charge < -0.3 is 10.0 Å². The predicted molar refractivity (Wildman–Crippen MR) is 101 cm³/mol. The number of aliphatic carboxylic acids is 1. The van der Waals surface area contributed by atoms with E-state index >= 15 is 0 Å². The first kappa shape index (κ1) is 17.8. The summed E-state index contributed by atoms with van der Waals surface area (Å²) in [4.78, 5) is 26.5. The minimum absolute atomic E-state index is 0.133. The maximum absolute atomic E-state index is 13.2. The van der Waals surface area contributed by atoms with Crippen LogP contribution in [0.25, 0.3) is 5.69 Å². The van der Waals surface area contributed by atoms with E-state index in [1.54, 1.807) is 11.8 Å². The van der Waals surface area contributed by atoms with Crippen LogP contribution in [0.1, 0.15) is 53.5 Å². The van der Waals surface area contributed by atoms with E-state index in [0.717, 1.165) is 36.2 Å². The Bertz CT molecular complexity index is 900. The molecule has 2 heterocycles. The molecule has 142 valence electrons. The summed E-state index contributed by atoms with van der Waals surface area (Å²) < 4.78 is 1.90. The second kappa shape index (κ2) is 6.51. The molecular weight excluding hydrogens is 342 g/mol. The molecule has 1 aromatic carbocycles. The van der Waals surface area contributed by atoms with Crippen LogP contribution < -0.4 is 0 Å². The first-order chi connectivity index (χ1) is 12.9. The van der Waals surface area contributed by atoms with Crippen molar-refractivity contribution in [3.63, 3.8) is 0 Å². The normalized spacial score (nSPS) is 21.9. The maximum Gasteiger partial charge on any atom is 0.311 e. The number of carbonyl (C=O) groups excluding carboxylic acids is 1. The van der Waals surface area contributed by atoms with Gasteiger partial charge in [-0.3, -0.25) is 9.59 Å². The first-order valence-electron chi connectivity index (χ1n) is 9.59. The van der Waals surface area contributed by atoms with Crippen molar-refractivity contribution in [2.75, 3.05) is 13.1 Å². The van der Waals surface area contributed by atoms with E-state index < -0.39 is 11.4 Å². The number of piperidine rings is 1. The van der Waals surface area contributed by atoms with E-state index in [4.69, 9.17) is 0 Å². The lowest BCUT2D eigenvalue weighted by molar-refractivity contribution is -0.150. The second-order valence-corrected chi connectivity index (χ2v) is 8.07. The number of rotatable bonds is 3. The van der Waals surface area contributed by atoms with Crippen LogP contribution in [0, 0.1) is 12.3 Å². The molecule has 1 aromatic heterocycles. The molecule has 1 aliphatic heterocycles. The molecule has 1 saturated heterocycles. The Morgan fingerprint density at radius 3 is 2.59 bits per heavy atom. The summed E-state index contributed by atoms with van der Waals surface area (Å²) in [5.74, 6) is -0.971. The van der Waals surface area contributed by atoms with Crippen molar-refractivity contribution >= 4 is 11.9 Å². The van der Waals surface area contributed by atoms with E-state index in [2.05, 4.69) is 5.10 Å². The van der Waals surface area contributed by atoms with Crippen LogP contribution in [0.4, 0.5) is 0 Å². The van der Waals surface area contributed by atoms with Crippen LogP contribution in [0.3, 0.4) is 0 Å². The summed E-state index contributed by atoms with van der Waals surface area (Å²) >= 11 is 0. The fraction of sp³-hybridized carbons (Fsp3) is 0.476. The Kier molecular flexibility index (Phi) is 4.29. The molecule has 0 radical (unpaired) electrons. The Labute approximate surface area is 158 Å². The van der Waals surface area contributed by atoms with Crippen LogP contribution in [-0.2, 0) is 17.6 Å². The van der Waals surface area contributed by atoms with Gasteiger partial charge in [-0.15, -0.1) is 0 Å². The number of carbonyl (C=O) groups is 2. The predicted octanol–water partition coefficient (Wildman–Crippen LogP) is 3.00. The molecule has 0 bridgehead atoms. The molecule has 1 atom stereocenters. The van der Waals surface area contributed by atoms with Gasteiger partial charge in [0.1, 0.15) is 0 Å². The minimum atomic E-state index is -0.878. The smallest absolute Gasteiger partial charge is 0.311 e. The molecule has 2 aliphatic rings. The van der Waals surface area contributed by atoms with Crippen molar-refractivity contribution < 1.29 is 14.7 Å². The molecule has 27 heavy (non-hydrogen) atoms. The van der Waals surface area contributed by atoms with Crippen LogP contribution in [0.15, 0.2) is 24.3 Å². The number of carboxylic acids is 1. The molecule has 1 unspecified atom stereocenters. The van der Waals surface area contributed by atoms with E-state index in [-0.39, 0.29) is 12.5 Å². The molecule has 6 nitrogen and oxygen atoms in total. The largest absolute Gasteiger partial charge is 0.481 e. The van der Waals surface area contributed by atoms with E-state index in [0.29, 0.717) is 25.1 Å². The van der Waals surface area contributed by atoms with Crippen molar-refractivity contribution in [1.82, 2.24) is 14.7 Å². The zero-order valence-electron chi connectivity index (χ0n) is 15.9. The van der Waals surface area contributed by atoms with Gasteiger partial charge in [0.25, 0.3) is 5.91 Å². The van der Waals surface area contributed by atoms with Crippen molar-refractivity contribution in [2.24, 2.45) is 5.41 Å². The lowest BCUT2D eigenvalue weighted by atomic mass is 9.82. The number of hydrogen-bond acceptors (Lipinski definition) is 3. The quantitative estimate of drug-likeness (QED) is 0.905. The van der Waals surface area contributed by atoms with Crippen LogP contribution in [0.2, 0.25) is 0 Å². The van der Waals surface area contributed by atoms with Gasteiger partial charge in [0.2, 0.25) is 0 Å². The van der Waals surface area contributed by atoms with Crippen LogP contribution in [0.5, 0.6) is 0 Å². The highest BCUT2D eigenvalue weighted by atomic mass is 16.4. The van der Waals surface area contributed by atoms with Crippen molar-refractivity contribution in [3.8, 4) is 5.69 Å². The average molecular weight is 367 g/mol. The topological polar surface area (TPSA) is 75.4 Å².